The summed E-state index contributed by atoms with van der Waals surface area (Å²) >= 11 is 0. The smallest absolute Gasteiger partial charge is 0.256 e. The number of benzene rings is 2. The van der Waals surface area contributed by atoms with Gasteiger partial charge < -0.3 is 14.8 Å². The fourth-order valence-electron chi connectivity index (χ4n) is 3.27. The van der Waals surface area contributed by atoms with Crippen LogP contribution >= 0.6 is 0 Å². The van der Waals surface area contributed by atoms with Gasteiger partial charge in [0.05, 0.1) is 23.6 Å². The van der Waals surface area contributed by atoms with Crippen molar-refractivity contribution in [2.45, 2.75) is 23.8 Å². The van der Waals surface area contributed by atoms with E-state index in [4.69, 9.17) is 9.47 Å². The van der Waals surface area contributed by atoms with E-state index in [9.17, 15) is 13.2 Å². The summed E-state index contributed by atoms with van der Waals surface area (Å²) in [6.45, 7) is 0.897. The number of amides is 1. The minimum Gasteiger partial charge on any atom is -0.497 e. The molecule has 2 heterocycles. The molecular formula is C20H22N4O5S. The van der Waals surface area contributed by atoms with Crippen LogP contribution in [0.1, 0.15) is 23.2 Å². The molecular weight excluding hydrogens is 408 g/mol. The summed E-state index contributed by atoms with van der Waals surface area (Å²) in [5.41, 5.74) is 1.07. The van der Waals surface area contributed by atoms with Gasteiger partial charge in [-0.2, -0.15) is 5.10 Å². The molecule has 1 fully saturated rings. The highest BCUT2D eigenvalue weighted by Crippen LogP contribution is 2.25. The van der Waals surface area contributed by atoms with Gasteiger partial charge in [0.25, 0.3) is 5.91 Å². The number of methoxy groups -OCH3 is 1. The predicted molar refractivity (Wildman–Crippen MR) is 111 cm³/mol. The van der Waals surface area contributed by atoms with Gasteiger partial charge in [-0.1, -0.05) is 0 Å². The van der Waals surface area contributed by atoms with Gasteiger partial charge in [-0.05, 0) is 55.3 Å². The predicted octanol–water partition coefficient (Wildman–Crippen LogP) is 2.28. The van der Waals surface area contributed by atoms with Crippen LogP contribution in [0.3, 0.4) is 0 Å². The second-order valence-corrected chi connectivity index (χ2v) is 8.72. The van der Waals surface area contributed by atoms with Crippen LogP contribution in [0.5, 0.6) is 5.75 Å². The second kappa shape index (κ2) is 8.42. The number of sulfonamides is 1. The summed E-state index contributed by atoms with van der Waals surface area (Å²) in [6.07, 6.45) is 1.69. The van der Waals surface area contributed by atoms with Crippen LogP contribution in [-0.2, 0) is 14.8 Å². The monoisotopic (exact) mass is 430 g/mol. The van der Waals surface area contributed by atoms with E-state index in [0.29, 0.717) is 29.1 Å². The van der Waals surface area contributed by atoms with E-state index in [-0.39, 0.29) is 17.5 Å². The van der Waals surface area contributed by atoms with Crippen LogP contribution in [0, 0.1) is 0 Å². The lowest BCUT2D eigenvalue weighted by atomic mass is 10.2. The van der Waals surface area contributed by atoms with Crippen molar-refractivity contribution in [1.29, 1.82) is 0 Å². The number of H-pyrrole nitrogens is 1. The van der Waals surface area contributed by atoms with E-state index in [1.54, 1.807) is 25.3 Å². The van der Waals surface area contributed by atoms with Gasteiger partial charge in [0, 0.05) is 24.1 Å². The Balaban J connectivity index is 1.45. The van der Waals surface area contributed by atoms with Crippen molar-refractivity contribution in [1.82, 2.24) is 14.9 Å². The zero-order valence-electron chi connectivity index (χ0n) is 16.3. The maximum Gasteiger partial charge on any atom is 0.256 e. The van der Waals surface area contributed by atoms with Gasteiger partial charge in [-0.25, -0.2) is 13.1 Å². The number of aromatic amines is 1. The molecule has 3 aromatic rings. The summed E-state index contributed by atoms with van der Waals surface area (Å²) in [6, 6.07) is 11.1. The van der Waals surface area contributed by atoms with Crippen LogP contribution in [-0.4, -0.2) is 50.9 Å². The number of rotatable bonds is 7. The minimum absolute atomic E-state index is 0.0898. The first-order chi connectivity index (χ1) is 14.5. The quantitative estimate of drug-likeness (QED) is 0.529. The molecule has 0 aliphatic carbocycles. The Kier molecular flexibility index (Phi) is 5.71. The van der Waals surface area contributed by atoms with Crippen LogP contribution < -0.4 is 14.8 Å². The van der Waals surface area contributed by atoms with Gasteiger partial charge in [-0.3, -0.25) is 9.89 Å². The van der Waals surface area contributed by atoms with Gasteiger partial charge in [0.15, 0.2) is 5.82 Å². The Morgan fingerprint density at radius 2 is 2.07 bits per heavy atom. The summed E-state index contributed by atoms with van der Waals surface area (Å²) in [5.74, 6) is 0.607. The number of carbonyl (C=O) groups is 1. The molecule has 1 atom stereocenters. The van der Waals surface area contributed by atoms with E-state index in [2.05, 4.69) is 20.2 Å². The molecule has 0 bridgehead atoms. The molecule has 1 amide bonds. The largest absolute Gasteiger partial charge is 0.497 e. The molecule has 0 saturated carbocycles. The molecule has 30 heavy (non-hydrogen) atoms. The Morgan fingerprint density at radius 3 is 2.77 bits per heavy atom. The lowest BCUT2D eigenvalue weighted by Crippen LogP contribution is -2.31. The lowest BCUT2D eigenvalue weighted by molar-refractivity contribution is 0.102. The van der Waals surface area contributed by atoms with E-state index in [1.807, 2.05) is 0 Å². The Bertz CT molecular complexity index is 1150. The van der Waals surface area contributed by atoms with E-state index >= 15 is 0 Å². The van der Waals surface area contributed by atoms with Crippen molar-refractivity contribution in [3.8, 4) is 5.75 Å². The first-order valence-corrected chi connectivity index (χ1v) is 11.0. The maximum absolute atomic E-state index is 12.6. The van der Waals surface area contributed by atoms with E-state index in [1.165, 1.54) is 24.3 Å². The molecule has 0 spiro atoms. The molecule has 1 aliphatic rings. The van der Waals surface area contributed by atoms with Crippen molar-refractivity contribution in [3.63, 3.8) is 0 Å². The topological polar surface area (TPSA) is 122 Å². The third kappa shape index (κ3) is 4.30. The number of fused-ring (bicyclic) bond motifs is 1. The van der Waals surface area contributed by atoms with Gasteiger partial charge in [-0.15, -0.1) is 0 Å². The number of hydrogen-bond acceptors (Lipinski definition) is 6. The summed E-state index contributed by atoms with van der Waals surface area (Å²) < 4.78 is 38.1. The van der Waals surface area contributed by atoms with Crippen molar-refractivity contribution in [2.75, 3.05) is 25.6 Å². The maximum atomic E-state index is 12.6. The average Bonchev–Trinajstić information content (AvgIpc) is 3.42. The molecule has 158 valence electrons. The lowest BCUT2D eigenvalue weighted by Gasteiger charge is -2.11. The van der Waals surface area contributed by atoms with Crippen molar-refractivity contribution < 1.29 is 22.7 Å². The molecule has 1 aromatic heterocycles. The normalized spacial score (nSPS) is 16.6. The molecule has 9 nitrogen and oxygen atoms in total. The molecule has 4 rings (SSSR count). The first-order valence-electron chi connectivity index (χ1n) is 9.51. The molecule has 1 saturated heterocycles. The van der Waals surface area contributed by atoms with Crippen LogP contribution in [0.15, 0.2) is 47.4 Å². The summed E-state index contributed by atoms with van der Waals surface area (Å²) in [5, 5.41) is 10.4. The molecule has 10 heteroatoms. The van der Waals surface area contributed by atoms with E-state index in [0.717, 1.165) is 18.4 Å². The second-order valence-electron chi connectivity index (χ2n) is 6.95. The Morgan fingerprint density at radius 1 is 1.27 bits per heavy atom. The number of anilines is 1. The van der Waals surface area contributed by atoms with Gasteiger partial charge >= 0.3 is 0 Å². The minimum atomic E-state index is -3.67. The van der Waals surface area contributed by atoms with Gasteiger partial charge in [0.1, 0.15) is 5.75 Å². The average molecular weight is 430 g/mol. The summed E-state index contributed by atoms with van der Waals surface area (Å²) in [4.78, 5) is 12.7. The van der Waals surface area contributed by atoms with E-state index < -0.39 is 15.9 Å². The van der Waals surface area contributed by atoms with Gasteiger partial charge in [0.2, 0.25) is 10.0 Å². The first kappa shape index (κ1) is 20.3. The van der Waals surface area contributed by atoms with Crippen LogP contribution in [0.25, 0.3) is 10.9 Å². The number of carbonyl (C=O) groups excluding carboxylic acids is 1. The zero-order valence-corrected chi connectivity index (χ0v) is 17.2. The highest BCUT2D eigenvalue weighted by Gasteiger charge is 2.21. The SMILES string of the molecule is COc1ccc2[nH]nc(NC(=O)c3ccc(S(=O)(=O)NCC4CCCO4)cc3)c2c1. The molecule has 1 unspecified atom stereocenters. The number of nitrogens with one attached hydrogen (secondary N) is 3. The third-order valence-corrected chi connectivity index (χ3v) is 6.39. The standard InChI is InChI=1S/C20H22N4O5S/c1-28-14-6-9-18-17(11-14)19(24-23-18)22-20(25)13-4-7-16(8-5-13)30(26,27)21-12-15-3-2-10-29-15/h4-9,11,15,21H,2-3,10,12H2,1H3,(H2,22,23,24,25). The molecule has 2 aromatic carbocycles. The third-order valence-electron chi connectivity index (χ3n) is 4.95. The highest BCUT2D eigenvalue weighted by atomic mass is 32.2. The number of hydrogen-bond donors (Lipinski definition) is 3. The molecule has 0 radical (unpaired) electrons. The number of aromatic nitrogens is 2. The molecule has 1 aliphatic heterocycles. The van der Waals surface area contributed by atoms with Crippen molar-refractivity contribution >= 4 is 32.7 Å². The van der Waals surface area contributed by atoms with Crippen molar-refractivity contribution in [3.05, 3.63) is 48.0 Å². The van der Waals surface area contributed by atoms with Crippen LogP contribution in [0.2, 0.25) is 0 Å². The number of ether oxygens (including phenoxy) is 2. The Labute approximate surface area is 173 Å². The van der Waals surface area contributed by atoms with Crippen molar-refractivity contribution in [2.24, 2.45) is 0 Å². The summed E-state index contributed by atoms with van der Waals surface area (Å²) in [7, 11) is -2.11. The number of nitrogens with zero attached hydrogens (tertiary/aromatic N) is 1. The van der Waals surface area contributed by atoms with Crippen LogP contribution in [0.4, 0.5) is 5.82 Å². The molecule has 3 N–H and O–H groups in total. The fraction of sp³-hybridized carbons (Fsp3) is 0.300. The fourth-order valence-corrected chi connectivity index (χ4v) is 4.34. The highest BCUT2D eigenvalue weighted by molar-refractivity contribution is 7.89. The zero-order chi connectivity index (χ0) is 21.1. The Hall–Kier alpha value is -2.95.